The van der Waals surface area contributed by atoms with E-state index in [1.54, 1.807) is 18.2 Å². The van der Waals surface area contributed by atoms with Gasteiger partial charge in [-0.1, -0.05) is 24.3 Å². The Morgan fingerprint density at radius 1 is 1.07 bits per heavy atom. The second kappa shape index (κ2) is 6.79. The van der Waals surface area contributed by atoms with Crippen LogP contribution in [0.3, 0.4) is 0 Å². The van der Waals surface area contributed by atoms with Crippen LogP contribution in [-0.2, 0) is 17.5 Å². The minimum absolute atomic E-state index is 0.199. The van der Waals surface area contributed by atoms with Gasteiger partial charge >= 0.3 is 6.18 Å². The quantitative estimate of drug-likeness (QED) is 0.879. The first kappa shape index (κ1) is 17.7. The molecule has 2 aromatic rings. The summed E-state index contributed by atoms with van der Waals surface area (Å²) in [6, 6.07) is 10.9. The topological polar surface area (TPSA) is 47.6 Å². The number of rotatable bonds is 4. The molecule has 1 aliphatic carbocycles. The average Bonchev–Trinajstić information content (AvgIpc) is 3.46. The van der Waals surface area contributed by atoms with Crippen molar-refractivity contribution in [2.24, 2.45) is 5.92 Å². The van der Waals surface area contributed by atoms with E-state index in [0.29, 0.717) is 37.7 Å². The Hall–Kier alpha value is -2.70. The summed E-state index contributed by atoms with van der Waals surface area (Å²) in [6.45, 7) is 1.27. The normalized spacial score (nSPS) is 20.9. The summed E-state index contributed by atoms with van der Waals surface area (Å²) >= 11 is 0. The van der Waals surface area contributed by atoms with Crippen molar-refractivity contribution in [1.29, 1.82) is 0 Å². The van der Waals surface area contributed by atoms with Gasteiger partial charge in [0.15, 0.2) is 11.5 Å². The maximum Gasteiger partial charge on any atom is 0.416 e. The molecule has 4 rings (SSSR count). The van der Waals surface area contributed by atoms with Crippen LogP contribution in [0.1, 0.15) is 29.0 Å². The van der Waals surface area contributed by atoms with E-state index in [-0.39, 0.29) is 17.4 Å². The first-order chi connectivity index (χ1) is 12.9. The number of hydrogen-bond donors (Lipinski definition) is 1. The third-order valence-corrected chi connectivity index (χ3v) is 4.87. The minimum Gasteiger partial charge on any atom is -0.486 e. The maximum absolute atomic E-state index is 13.1. The highest BCUT2D eigenvalue weighted by Gasteiger charge is 2.47. The van der Waals surface area contributed by atoms with Gasteiger partial charge in [-0.05, 0) is 41.7 Å². The smallest absolute Gasteiger partial charge is 0.416 e. The van der Waals surface area contributed by atoms with E-state index < -0.39 is 17.7 Å². The lowest BCUT2D eigenvalue weighted by atomic mass is 10.0. The molecule has 1 aliphatic heterocycles. The Labute approximate surface area is 154 Å². The molecule has 1 fully saturated rings. The summed E-state index contributed by atoms with van der Waals surface area (Å²) in [5, 5.41) is 2.81. The lowest BCUT2D eigenvalue weighted by Gasteiger charge is -2.19. The Morgan fingerprint density at radius 3 is 2.59 bits per heavy atom. The zero-order valence-corrected chi connectivity index (χ0v) is 14.4. The second-order valence-corrected chi connectivity index (χ2v) is 6.73. The molecule has 7 heteroatoms. The van der Waals surface area contributed by atoms with E-state index in [1.807, 2.05) is 6.07 Å². The van der Waals surface area contributed by atoms with Crippen molar-refractivity contribution >= 4 is 5.91 Å². The fourth-order valence-electron chi connectivity index (χ4n) is 3.42. The van der Waals surface area contributed by atoms with E-state index in [2.05, 4.69) is 5.32 Å². The van der Waals surface area contributed by atoms with E-state index >= 15 is 0 Å². The minimum atomic E-state index is -4.41. The monoisotopic (exact) mass is 377 g/mol. The summed E-state index contributed by atoms with van der Waals surface area (Å²) in [5.41, 5.74) is 0.391. The SMILES string of the molecule is O=C(NCc1ccc2c(c1)OCCO2)[C@H]1C[C@@H]1c1ccccc1C(F)(F)F. The van der Waals surface area contributed by atoms with Crippen molar-refractivity contribution in [1.82, 2.24) is 5.32 Å². The highest BCUT2D eigenvalue weighted by atomic mass is 19.4. The molecule has 0 bridgehead atoms. The van der Waals surface area contributed by atoms with Crippen molar-refractivity contribution in [3.63, 3.8) is 0 Å². The highest BCUT2D eigenvalue weighted by molar-refractivity contribution is 5.83. The number of hydrogen-bond acceptors (Lipinski definition) is 3. The van der Waals surface area contributed by atoms with E-state index in [0.717, 1.165) is 11.6 Å². The predicted octanol–water partition coefficient (Wildman–Crippen LogP) is 3.90. The summed E-state index contributed by atoms with van der Waals surface area (Å²) in [5.74, 6) is 0.263. The number of halogens is 3. The number of nitrogens with one attached hydrogen (secondary N) is 1. The number of amides is 1. The largest absolute Gasteiger partial charge is 0.486 e. The van der Waals surface area contributed by atoms with Crippen LogP contribution in [0.5, 0.6) is 11.5 Å². The molecule has 0 radical (unpaired) electrons. The molecule has 4 nitrogen and oxygen atoms in total. The molecule has 142 valence electrons. The van der Waals surface area contributed by atoms with Gasteiger partial charge in [-0.2, -0.15) is 13.2 Å². The lowest BCUT2D eigenvalue weighted by Crippen LogP contribution is -2.25. The van der Waals surface area contributed by atoms with Crippen LogP contribution >= 0.6 is 0 Å². The third kappa shape index (κ3) is 3.72. The number of fused-ring (bicyclic) bond motifs is 1. The van der Waals surface area contributed by atoms with Gasteiger partial charge in [-0.3, -0.25) is 4.79 Å². The van der Waals surface area contributed by atoms with Crippen LogP contribution < -0.4 is 14.8 Å². The standard InChI is InChI=1S/C20H18F3NO3/c21-20(22,23)16-4-2-1-3-13(16)14-10-15(14)19(25)24-11-12-5-6-17-18(9-12)27-8-7-26-17/h1-6,9,14-15H,7-8,10-11H2,(H,24,25)/t14-,15+/m1/s1. The highest BCUT2D eigenvalue weighted by Crippen LogP contribution is 2.51. The molecule has 2 aliphatic rings. The van der Waals surface area contributed by atoms with Gasteiger partial charge in [0.2, 0.25) is 5.91 Å². The molecule has 1 heterocycles. The molecule has 2 aromatic carbocycles. The zero-order chi connectivity index (χ0) is 19.0. The maximum atomic E-state index is 13.1. The van der Waals surface area contributed by atoms with Crippen molar-refractivity contribution in [3.8, 4) is 11.5 Å². The summed E-state index contributed by atoms with van der Waals surface area (Å²) < 4.78 is 50.4. The predicted molar refractivity (Wildman–Crippen MR) is 91.6 cm³/mol. The molecule has 1 N–H and O–H groups in total. The van der Waals surface area contributed by atoms with E-state index in [1.165, 1.54) is 12.1 Å². The Morgan fingerprint density at radius 2 is 1.81 bits per heavy atom. The molecule has 1 amide bonds. The summed E-state index contributed by atoms with van der Waals surface area (Å²) in [4.78, 5) is 12.4. The zero-order valence-electron chi connectivity index (χ0n) is 14.4. The van der Waals surface area contributed by atoms with Gasteiger partial charge in [-0.25, -0.2) is 0 Å². The molecule has 27 heavy (non-hydrogen) atoms. The number of alkyl halides is 3. The van der Waals surface area contributed by atoms with Gasteiger partial charge in [0, 0.05) is 12.5 Å². The van der Waals surface area contributed by atoms with Crippen molar-refractivity contribution in [2.75, 3.05) is 13.2 Å². The summed E-state index contributed by atoms with van der Waals surface area (Å²) in [7, 11) is 0. The van der Waals surface area contributed by atoms with Gasteiger partial charge in [0.1, 0.15) is 13.2 Å². The van der Waals surface area contributed by atoms with Crippen LogP contribution in [0.2, 0.25) is 0 Å². The molecule has 0 aromatic heterocycles. The summed E-state index contributed by atoms with van der Waals surface area (Å²) in [6.07, 6.45) is -3.98. The lowest BCUT2D eigenvalue weighted by molar-refractivity contribution is -0.138. The third-order valence-electron chi connectivity index (χ3n) is 4.87. The number of carbonyl (C=O) groups excluding carboxylic acids is 1. The van der Waals surface area contributed by atoms with Crippen molar-refractivity contribution < 1.29 is 27.4 Å². The van der Waals surface area contributed by atoms with Crippen molar-refractivity contribution in [3.05, 3.63) is 59.2 Å². The molecule has 0 saturated heterocycles. The molecular formula is C20H18F3NO3. The molecule has 0 unspecified atom stereocenters. The Kier molecular flexibility index (Phi) is 4.45. The molecule has 0 spiro atoms. The Balaban J connectivity index is 1.39. The van der Waals surface area contributed by atoms with Gasteiger partial charge in [0.25, 0.3) is 0 Å². The van der Waals surface area contributed by atoms with E-state index in [4.69, 9.17) is 9.47 Å². The Bertz CT molecular complexity index is 866. The fourth-order valence-corrected chi connectivity index (χ4v) is 3.42. The fraction of sp³-hybridized carbons (Fsp3) is 0.350. The van der Waals surface area contributed by atoms with Crippen LogP contribution in [0.25, 0.3) is 0 Å². The molecular weight excluding hydrogens is 359 g/mol. The first-order valence-corrected chi connectivity index (χ1v) is 8.76. The van der Waals surface area contributed by atoms with Gasteiger partial charge in [0.05, 0.1) is 5.56 Å². The average molecular weight is 377 g/mol. The van der Waals surface area contributed by atoms with Crippen LogP contribution in [0.4, 0.5) is 13.2 Å². The number of carbonyl (C=O) groups is 1. The molecule has 2 atom stereocenters. The molecule has 1 saturated carbocycles. The number of ether oxygens (including phenoxy) is 2. The van der Waals surface area contributed by atoms with Crippen LogP contribution in [0.15, 0.2) is 42.5 Å². The number of benzene rings is 2. The second-order valence-electron chi connectivity index (χ2n) is 6.73. The first-order valence-electron chi connectivity index (χ1n) is 8.76. The van der Waals surface area contributed by atoms with Gasteiger partial charge in [-0.15, -0.1) is 0 Å². The van der Waals surface area contributed by atoms with Crippen LogP contribution in [0, 0.1) is 5.92 Å². The van der Waals surface area contributed by atoms with Crippen LogP contribution in [-0.4, -0.2) is 19.1 Å². The van der Waals surface area contributed by atoms with Gasteiger partial charge < -0.3 is 14.8 Å². The van der Waals surface area contributed by atoms with Crippen molar-refractivity contribution in [2.45, 2.75) is 25.1 Å². The van der Waals surface area contributed by atoms with E-state index in [9.17, 15) is 18.0 Å².